The van der Waals surface area contributed by atoms with Crippen LogP contribution < -0.4 is 0 Å². The second kappa shape index (κ2) is 4.64. The lowest BCUT2D eigenvalue weighted by atomic mass is 10.0. The quantitative estimate of drug-likeness (QED) is 0.737. The van der Waals surface area contributed by atoms with E-state index in [-0.39, 0.29) is 22.5 Å². The molecule has 2 aromatic carbocycles. The fraction of sp³-hybridized carbons (Fsp3) is 0.0714. The Labute approximate surface area is 102 Å². The average Bonchev–Trinajstić information content (AvgIpc) is 2.30. The first-order valence-corrected chi connectivity index (χ1v) is 5.25. The monoisotopic (exact) mass is 250 g/mol. The molecule has 4 heteroatoms. The van der Waals surface area contributed by atoms with Crippen molar-refractivity contribution in [2.24, 2.45) is 0 Å². The van der Waals surface area contributed by atoms with Gasteiger partial charge in [-0.25, -0.2) is 13.2 Å². The second-order valence-corrected chi connectivity index (χ2v) is 3.87. The van der Waals surface area contributed by atoms with E-state index < -0.39 is 17.5 Å². The van der Waals surface area contributed by atoms with Gasteiger partial charge in [-0.1, -0.05) is 12.1 Å². The summed E-state index contributed by atoms with van der Waals surface area (Å²) in [5.41, 5.74) is 0.167. The largest absolute Gasteiger partial charge is 0.295 e. The van der Waals surface area contributed by atoms with Crippen LogP contribution in [-0.2, 0) is 0 Å². The highest BCUT2D eigenvalue weighted by Gasteiger charge is 2.12. The number of ketones is 1. The van der Waals surface area contributed by atoms with Gasteiger partial charge in [0.25, 0.3) is 0 Å². The zero-order valence-corrected chi connectivity index (χ0v) is 9.51. The molecule has 18 heavy (non-hydrogen) atoms. The van der Waals surface area contributed by atoms with Crippen LogP contribution in [0.3, 0.4) is 0 Å². The van der Waals surface area contributed by atoms with Gasteiger partial charge in [0.05, 0.1) is 0 Å². The van der Waals surface area contributed by atoms with Crippen molar-refractivity contribution in [3.63, 3.8) is 0 Å². The van der Waals surface area contributed by atoms with Crippen LogP contribution in [0.4, 0.5) is 13.2 Å². The van der Waals surface area contributed by atoms with E-state index in [9.17, 15) is 18.0 Å². The Morgan fingerprint density at radius 3 is 1.94 bits per heavy atom. The molecule has 0 saturated carbocycles. The molecule has 0 radical (unpaired) electrons. The fourth-order valence-electron chi connectivity index (χ4n) is 1.66. The number of Topliss-reactive ketones (excluding diaryl/α,β-unsaturated/α-hetero) is 1. The van der Waals surface area contributed by atoms with Gasteiger partial charge in [0.1, 0.15) is 17.5 Å². The van der Waals surface area contributed by atoms with Crippen LogP contribution in [0.15, 0.2) is 36.4 Å². The molecule has 1 nitrogen and oxygen atoms in total. The minimum absolute atomic E-state index is 0.00231. The standard InChI is InChI=1S/C14H9F3O/c1-8(18)9-2-4-11(13(16)6-9)12-5-3-10(15)7-14(12)17/h2-7H,1H3. The summed E-state index contributed by atoms with van der Waals surface area (Å²) in [5.74, 6) is -2.56. The molecule has 0 spiro atoms. The van der Waals surface area contributed by atoms with Crippen LogP contribution in [0.5, 0.6) is 0 Å². The van der Waals surface area contributed by atoms with Gasteiger partial charge in [-0.2, -0.15) is 0 Å². The number of rotatable bonds is 2. The molecule has 0 bridgehead atoms. The first-order chi connectivity index (χ1) is 8.49. The minimum Gasteiger partial charge on any atom is -0.295 e. The van der Waals surface area contributed by atoms with Crippen LogP contribution in [-0.4, -0.2) is 5.78 Å². The van der Waals surface area contributed by atoms with Crippen molar-refractivity contribution in [2.75, 3.05) is 0 Å². The van der Waals surface area contributed by atoms with E-state index in [2.05, 4.69) is 0 Å². The molecule has 0 saturated heterocycles. The molecule has 0 atom stereocenters. The zero-order valence-electron chi connectivity index (χ0n) is 9.51. The molecule has 2 aromatic rings. The van der Waals surface area contributed by atoms with Gasteiger partial charge in [0.15, 0.2) is 5.78 Å². The van der Waals surface area contributed by atoms with Crippen molar-refractivity contribution in [2.45, 2.75) is 6.92 Å². The Kier molecular flexibility index (Phi) is 3.19. The summed E-state index contributed by atoms with van der Waals surface area (Å²) in [6.45, 7) is 1.31. The summed E-state index contributed by atoms with van der Waals surface area (Å²) in [6, 6.07) is 6.66. The van der Waals surface area contributed by atoms with Gasteiger partial charge in [-0.05, 0) is 25.1 Å². The lowest BCUT2D eigenvalue weighted by molar-refractivity contribution is 0.101. The van der Waals surface area contributed by atoms with E-state index in [1.54, 1.807) is 0 Å². The number of carbonyl (C=O) groups is 1. The number of carbonyl (C=O) groups excluding carboxylic acids is 1. The summed E-state index contributed by atoms with van der Waals surface area (Å²) in [4.78, 5) is 11.1. The zero-order chi connectivity index (χ0) is 13.3. The van der Waals surface area contributed by atoms with E-state index in [1.807, 2.05) is 0 Å². The SMILES string of the molecule is CC(=O)c1ccc(-c2ccc(F)cc2F)c(F)c1. The lowest BCUT2D eigenvalue weighted by Gasteiger charge is -2.06. The maximum Gasteiger partial charge on any atom is 0.159 e. The van der Waals surface area contributed by atoms with Gasteiger partial charge in [0, 0.05) is 22.8 Å². The first kappa shape index (κ1) is 12.4. The minimum atomic E-state index is -0.843. The smallest absolute Gasteiger partial charge is 0.159 e. The predicted octanol–water partition coefficient (Wildman–Crippen LogP) is 3.97. The van der Waals surface area contributed by atoms with Crippen molar-refractivity contribution < 1.29 is 18.0 Å². The summed E-state index contributed by atoms with van der Waals surface area (Å²) in [5, 5.41) is 0. The van der Waals surface area contributed by atoms with E-state index in [4.69, 9.17) is 0 Å². The van der Waals surface area contributed by atoms with Gasteiger partial charge in [0.2, 0.25) is 0 Å². The topological polar surface area (TPSA) is 17.1 Å². The molecule has 0 unspecified atom stereocenters. The molecule has 0 N–H and O–H groups in total. The maximum absolute atomic E-state index is 13.8. The number of halogens is 3. The molecule has 92 valence electrons. The first-order valence-electron chi connectivity index (χ1n) is 5.25. The van der Waals surface area contributed by atoms with Gasteiger partial charge in [-0.3, -0.25) is 4.79 Å². The van der Waals surface area contributed by atoms with Gasteiger partial charge < -0.3 is 0 Å². The van der Waals surface area contributed by atoms with Gasteiger partial charge in [-0.15, -0.1) is 0 Å². The molecule has 2 rings (SSSR count). The normalized spacial score (nSPS) is 10.4. The molecular weight excluding hydrogens is 241 g/mol. The Morgan fingerprint density at radius 2 is 1.44 bits per heavy atom. The van der Waals surface area contributed by atoms with Crippen LogP contribution in [0.1, 0.15) is 17.3 Å². The third-order valence-electron chi connectivity index (χ3n) is 2.60. The molecule has 0 amide bonds. The number of benzene rings is 2. The van der Waals surface area contributed by atoms with Crippen molar-refractivity contribution in [1.82, 2.24) is 0 Å². The number of hydrogen-bond acceptors (Lipinski definition) is 1. The van der Waals surface area contributed by atoms with E-state index >= 15 is 0 Å². The molecular formula is C14H9F3O. The van der Waals surface area contributed by atoms with Crippen molar-refractivity contribution in [3.05, 3.63) is 59.4 Å². The van der Waals surface area contributed by atoms with E-state index in [0.29, 0.717) is 6.07 Å². The Bertz CT molecular complexity index is 620. The van der Waals surface area contributed by atoms with Gasteiger partial charge >= 0.3 is 0 Å². The maximum atomic E-state index is 13.8. The van der Waals surface area contributed by atoms with Crippen molar-refractivity contribution in [1.29, 1.82) is 0 Å². The molecule has 0 aliphatic carbocycles. The number of hydrogen-bond donors (Lipinski definition) is 0. The Morgan fingerprint density at radius 1 is 0.889 bits per heavy atom. The Hall–Kier alpha value is -2.10. The summed E-state index contributed by atoms with van der Waals surface area (Å²) in [7, 11) is 0. The third-order valence-corrected chi connectivity index (χ3v) is 2.60. The van der Waals surface area contributed by atoms with Crippen LogP contribution in [0.25, 0.3) is 11.1 Å². The molecule has 0 fully saturated rings. The predicted molar refractivity (Wildman–Crippen MR) is 61.8 cm³/mol. The highest BCUT2D eigenvalue weighted by molar-refractivity contribution is 5.94. The second-order valence-electron chi connectivity index (χ2n) is 3.87. The van der Waals surface area contributed by atoms with Crippen LogP contribution >= 0.6 is 0 Å². The molecule has 0 aliphatic heterocycles. The highest BCUT2D eigenvalue weighted by atomic mass is 19.1. The lowest BCUT2D eigenvalue weighted by Crippen LogP contribution is -1.96. The molecule has 0 heterocycles. The third kappa shape index (κ3) is 2.27. The summed E-state index contributed by atoms with van der Waals surface area (Å²) < 4.78 is 40.0. The molecule has 0 aliphatic rings. The Balaban J connectivity index is 2.54. The van der Waals surface area contributed by atoms with Crippen molar-refractivity contribution >= 4 is 5.78 Å². The van der Waals surface area contributed by atoms with Crippen LogP contribution in [0.2, 0.25) is 0 Å². The fourth-order valence-corrected chi connectivity index (χ4v) is 1.66. The average molecular weight is 250 g/mol. The van der Waals surface area contributed by atoms with Crippen LogP contribution in [0, 0.1) is 17.5 Å². The summed E-state index contributed by atoms with van der Waals surface area (Å²) >= 11 is 0. The van der Waals surface area contributed by atoms with E-state index in [1.165, 1.54) is 19.1 Å². The van der Waals surface area contributed by atoms with Crippen molar-refractivity contribution in [3.8, 4) is 11.1 Å². The highest BCUT2D eigenvalue weighted by Crippen LogP contribution is 2.26. The van der Waals surface area contributed by atoms with E-state index in [0.717, 1.165) is 18.2 Å². The summed E-state index contributed by atoms with van der Waals surface area (Å²) in [6.07, 6.45) is 0. The molecule has 0 aromatic heterocycles.